The lowest BCUT2D eigenvalue weighted by Crippen LogP contribution is -2.41. The van der Waals surface area contributed by atoms with Crippen molar-refractivity contribution in [3.8, 4) is 5.75 Å². The van der Waals surface area contributed by atoms with Crippen molar-refractivity contribution in [1.29, 1.82) is 0 Å². The third kappa shape index (κ3) is 5.57. The molecule has 1 aliphatic rings. The second-order valence-electron chi connectivity index (χ2n) is 7.94. The molecule has 0 aliphatic carbocycles. The first-order valence-corrected chi connectivity index (χ1v) is 11.3. The average molecular weight is 475 g/mol. The van der Waals surface area contributed by atoms with Crippen molar-refractivity contribution in [1.82, 2.24) is 4.98 Å². The number of hydrogen-bond acceptors (Lipinski definition) is 7. The van der Waals surface area contributed by atoms with Crippen LogP contribution in [-0.2, 0) is 14.3 Å². The van der Waals surface area contributed by atoms with Gasteiger partial charge < -0.3 is 25.0 Å². The minimum Gasteiger partial charge on any atom is -0.494 e. The molecule has 1 unspecified atom stereocenters. The Bertz CT molecular complexity index is 1230. The Kier molecular flexibility index (Phi) is 7.25. The van der Waals surface area contributed by atoms with Crippen LogP contribution in [0.2, 0.25) is 0 Å². The zero-order chi connectivity index (χ0) is 24.8. The van der Waals surface area contributed by atoms with Gasteiger partial charge in [-0.05, 0) is 62.4 Å². The van der Waals surface area contributed by atoms with Crippen LogP contribution in [0.4, 0.5) is 22.9 Å². The third-order valence-electron chi connectivity index (χ3n) is 5.41. The number of esters is 1. The molecule has 0 saturated carbocycles. The predicted octanol–water partition coefficient (Wildman–Crippen LogP) is 4.14. The number of benzene rings is 2. The minimum absolute atomic E-state index is 0.132. The van der Waals surface area contributed by atoms with E-state index in [1.54, 1.807) is 49.5 Å². The maximum absolute atomic E-state index is 13.1. The van der Waals surface area contributed by atoms with Crippen LogP contribution in [0.5, 0.6) is 5.75 Å². The molecule has 9 heteroatoms. The SMILES string of the molecule is CCOc1ccc(Nc2ncccc2C(=O)OCC(=O)N2c3ccccc3NC(=O)CC2C)cc1. The molecule has 4 rings (SSSR count). The zero-order valence-electron chi connectivity index (χ0n) is 19.5. The van der Waals surface area contributed by atoms with Gasteiger partial charge in [-0.1, -0.05) is 12.1 Å². The number of aromatic nitrogens is 1. The molecule has 0 spiro atoms. The first kappa shape index (κ1) is 23.7. The van der Waals surface area contributed by atoms with E-state index in [1.165, 1.54) is 4.90 Å². The zero-order valence-corrected chi connectivity index (χ0v) is 19.5. The van der Waals surface area contributed by atoms with E-state index in [2.05, 4.69) is 15.6 Å². The van der Waals surface area contributed by atoms with Crippen LogP contribution in [0.25, 0.3) is 0 Å². The number of nitrogens with one attached hydrogen (secondary N) is 2. The number of ether oxygens (including phenoxy) is 2. The molecule has 1 atom stereocenters. The number of hydrogen-bond donors (Lipinski definition) is 2. The standard InChI is InChI=1S/C26H26N4O5/c1-3-34-19-12-10-18(11-13-19)28-25-20(7-6-14-27-25)26(33)35-16-24(32)30-17(2)15-23(31)29-21-8-4-5-9-22(21)30/h4-14,17H,3,15-16H2,1-2H3,(H,27,28)(H,29,31). The molecule has 0 saturated heterocycles. The summed E-state index contributed by atoms with van der Waals surface area (Å²) in [6.45, 7) is 3.77. The number of anilines is 4. The van der Waals surface area contributed by atoms with Gasteiger partial charge in [0.2, 0.25) is 5.91 Å². The van der Waals surface area contributed by atoms with E-state index in [0.717, 1.165) is 5.75 Å². The fraction of sp³-hybridized carbons (Fsp3) is 0.231. The van der Waals surface area contributed by atoms with Gasteiger partial charge in [0.05, 0.1) is 18.0 Å². The van der Waals surface area contributed by atoms with Crippen molar-refractivity contribution in [2.45, 2.75) is 26.3 Å². The van der Waals surface area contributed by atoms with Crippen LogP contribution >= 0.6 is 0 Å². The van der Waals surface area contributed by atoms with Crippen LogP contribution in [0.1, 0.15) is 30.6 Å². The van der Waals surface area contributed by atoms with Crippen molar-refractivity contribution in [3.05, 3.63) is 72.4 Å². The maximum atomic E-state index is 13.1. The molecular weight excluding hydrogens is 448 g/mol. The van der Waals surface area contributed by atoms with Crippen molar-refractivity contribution in [2.24, 2.45) is 0 Å². The molecule has 9 nitrogen and oxygen atoms in total. The lowest BCUT2D eigenvalue weighted by molar-refractivity contribution is -0.122. The van der Waals surface area contributed by atoms with Gasteiger partial charge in [0.1, 0.15) is 17.1 Å². The number of fused-ring (bicyclic) bond motifs is 1. The summed E-state index contributed by atoms with van der Waals surface area (Å²) in [6.07, 6.45) is 1.69. The lowest BCUT2D eigenvalue weighted by atomic mass is 10.1. The number of para-hydroxylation sites is 2. The van der Waals surface area contributed by atoms with Gasteiger partial charge in [-0.2, -0.15) is 0 Å². The number of carbonyl (C=O) groups excluding carboxylic acids is 3. The Labute approximate surface area is 203 Å². The molecule has 0 bridgehead atoms. The number of amides is 2. The van der Waals surface area contributed by atoms with E-state index in [1.807, 2.05) is 31.2 Å². The van der Waals surface area contributed by atoms with Crippen LogP contribution < -0.4 is 20.3 Å². The molecule has 180 valence electrons. The Hall–Kier alpha value is -4.40. The second-order valence-corrected chi connectivity index (χ2v) is 7.94. The molecule has 35 heavy (non-hydrogen) atoms. The van der Waals surface area contributed by atoms with E-state index in [0.29, 0.717) is 29.5 Å². The summed E-state index contributed by atoms with van der Waals surface area (Å²) in [6, 6.07) is 17.1. The summed E-state index contributed by atoms with van der Waals surface area (Å²) in [5, 5.41) is 5.90. The number of nitrogens with zero attached hydrogens (tertiary/aromatic N) is 2. The lowest BCUT2D eigenvalue weighted by Gasteiger charge is -2.27. The summed E-state index contributed by atoms with van der Waals surface area (Å²) in [5.74, 6) is -0.266. The topological polar surface area (TPSA) is 110 Å². The maximum Gasteiger partial charge on any atom is 0.342 e. The highest BCUT2D eigenvalue weighted by Crippen LogP contribution is 2.31. The highest BCUT2D eigenvalue weighted by atomic mass is 16.5. The molecule has 1 aliphatic heterocycles. The van der Waals surface area contributed by atoms with Crippen molar-refractivity contribution in [3.63, 3.8) is 0 Å². The first-order chi connectivity index (χ1) is 17.0. The monoisotopic (exact) mass is 474 g/mol. The summed E-state index contributed by atoms with van der Waals surface area (Å²) in [4.78, 5) is 43.9. The fourth-order valence-electron chi connectivity index (χ4n) is 3.85. The normalized spacial score (nSPS) is 14.9. The largest absolute Gasteiger partial charge is 0.494 e. The van der Waals surface area contributed by atoms with Crippen molar-refractivity contribution >= 4 is 40.7 Å². The van der Waals surface area contributed by atoms with Gasteiger partial charge in [-0.3, -0.25) is 9.59 Å². The first-order valence-electron chi connectivity index (χ1n) is 11.3. The fourth-order valence-corrected chi connectivity index (χ4v) is 3.85. The van der Waals surface area contributed by atoms with E-state index in [9.17, 15) is 14.4 Å². The Morgan fingerprint density at radius 3 is 2.66 bits per heavy atom. The summed E-state index contributed by atoms with van der Waals surface area (Å²) >= 11 is 0. The van der Waals surface area contributed by atoms with Crippen LogP contribution in [-0.4, -0.2) is 42.0 Å². The Balaban J connectivity index is 1.46. The summed E-state index contributed by atoms with van der Waals surface area (Å²) < 4.78 is 10.8. The molecule has 0 fully saturated rings. The summed E-state index contributed by atoms with van der Waals surface area (Å²) in [5.41, 5.74) is 2.00. The summed E-state index contributed by atoms with van der Waals surface area (Å²) in [7, 11) is 0. The minimum atomic E-state index is -0.690. The molecule has 3 aromatic rings. The molecule has 2 N–H and O–H groups in total. The number of pyridine rings is 1. The average Bonchev–Trinajstić information content (AvgIpc) is 2.98. The number of rotatable bonds is 7. The molecular formula is C26H26N4O5. The van der Waals surface area contributed by atoms with Gasteiger partial charge in [0.25, 0.3) is 5.91 Å². The Morgan fingerprint density at radius 1 is 1.11 bits per heavy atom. The molecule has 0 radical (unpaired) electrons. The van der Waals surface area contributed by atoms with Crippen LogP contribution in [0.15, 0.2) is 66.9 Å². The predicted molar refractivity (Wildman–Crippen MR) is 132 cm³/mol. The Morgan fingerprint density at radius 2 is 1.89 bits per heavy atom. The van der Waals surface area contributed by atoms with Gasteiger partial charge in [0.15, 0.2) is 6.61 Å². The van der Waals surface area contributed by atoms with Crippen LogP contribution in [0.3, 0.4) is 0 Å². The van der Waals surface area contributed by atoms with Crippen molar-refractivity contribution < 1.29 is 23.9 Å². The highest BCUT2D eigenvalue weighted by Gasteiger charge is 2.30. The molecule has 2 aromatic carbocycles. The van der Waals surface area contributed by atoms with E-state index >= 15 is 0 Å². The molecule has 2 amide bonds. The van der Waals surface area contributed by atoms with Gasteiger partial charge in [0, 0.05) is 24.3 Å². The third-order valence-corrected chi connectivity index (χ3v) is 5.41. The smallest absolute Gasteiger partial charge is 0.342 e. The number of carbonyl (C=O) groups is 3. The molecule has 1 aromatic heterocycles. The highest BCUT2D eigenvalue weighted by molar-refractivity contribution is 6.05. The van der Waals surface area contributed by atoms with E-state index < -0.39 is 24.5 Å². The second kappa shape index (κ2) is 10.7. The van der Waals surface area contributed by atoms with E-state index in [4.69, 9.17) is 9.47 Å². The van der Waals surface area contributed by atoms with E-state index in [-0.39, 0.29) is 17.9 Å². The van der Waals surface area contributed by atoms with Crippen molar-refractivity contribution in [2.75, 3.05) is 28.7 Å². The van der Waals surface area contributed by atoms with Crippen LogP contribution in [0, 0.1) is 0 Å². The molecule has 2 heterocycles. The van der Waals surface area contributed by atoms with Gasteiger partial charge >= 0.3 is 5.97 Å². The quantitative estimate of drug-likeness (QED) is 0.495. The van der Waals surface area contributed by atoms with Gasteiger partial charge in [-0.25, -0.2) is 9.78 Å². The van der Waals surface area contributed by atoms with Gasteiger partial charge in [-0.15, -0.1) is 0 Å².